The molecule has 1 amide bonds. The van der Waals surface area contributed by atoms with Crippen LogP contribution < -0.4 is 5.32 Å². The molecular weight excluding hydrogens is 418 g/mol. The van der Waals surface area contributed by atoms with Gasteiger partial charge in [-0.1, -0.05) is 12.1 Å². The molecule has 6 nitrogen and oxygen atoms in total. The van der Waals surface area contributed by atoms with E-state index in [1.54, 1.807) is 23.5 Å². The number of carbonyl (C=O) groups is 1. The fraction of sp³-hybridized carbons (Fsp3) is 0.500. The van der Waals surface area contributed by atoms with Gasteiger partial charge in [0.25, 0.3) is 0 Å². The first kappa shape index (κ1) is 22.9. The molecule has 1 saturated heterocycles. The summed E-state index contributed by atoms with van der Waals surface area (Å²) < 4.78 is 27.4. The molecule has 0 saturated carbocycles. The average Bonchev–Trinajstić information content (AvgIpc) is 3.24. The standard InChI is InChI=1S/C22H31N3O3S2/c1-16-7-8-19(14-17(16)2)30(27,28)25-11-9-18(10-12-25)22(26)23-15-20(24(3)4)21-6-5-13-29-21/h5-8,13-14,18,20H,9-12,15H2,1-4H3,(H,23,26). The normalized spacial score (nSPS) is 17.2. The molecule has 1 atom stereocenters. The van der Waals surface area contributed by atoms with Crippen LogP contribution in [0.5, 0.6) is 0 Å². The van der Waals surface area contributed by atoms with Crippen LogP contribution >= 0.6 is 11.3 Å². The molecule has 0 radical (unpaired) electrons. The zero-order valence-corrected chi connectivity index (χ0v) is 19.7. The second-order valence-corrected chi connectivity index (χ2v) is 11.1. The monoisotopic (exact) mass is 449 g/mol. The number of benzene rings is 1. The van der Waals surface area contributed by atoms with Gasteiger partial charge in [-0.15, -0.1) is 11.3 Å². The van der Waals surface area contributed by atoms with Crippen molar-refractivity contribution in [1.82, 2.24) is 14.5 Å². The van der Waals surface area contributed by atoms with Crippen molar-refractivity contribution in [3.63, 3.8) is 0 Å². The van der Waals surface area contributed by atoms with Crippen molar-refractivity contribution in [2.45, 2.75) is 37.6 Å². The van der Waals surface area contributed by atoms with Crippen molar-refractivity contribution in [3.8, 4) is 0 Å². The maximum atomic E-state index is 13.0. The van der Waals surface area contributed by atoms with E-state index in [9.17, 15) is 13.2 Å². The Morgan fingerprint density at radius 3 is 2.47 bits per heavy atom. The predicted molar refractivity (Wildman–Crippen MR) is 121 cm³/mol. The number of nitrogens with one attached hydrogen (secondary N) is 1. The largest absolute Gasteiger partial charge is 0.354 e. The first-order chi connectivity index (χ1) is 14.2. The summed E-state index contributed by atoms with van der Waals surface area (Å²) in [6, 6.07) is 9.48. The Hall–Kier alpha value is -1.74. The molecule has 1 aliphatic rings. The highest BCUT2D eigenvalue weighted by atomic mass is 32.2. The van der Waals surface area contributed by atoms with Crippen LogP contribution in [0, 0.1) is 19.8 Å². The summed E-state index contributed by atoms with van der Waals surface area (Å²) in [5.74, 6) is -0.135. The number of aryl methyl sites for hydroxylation is 2. The Labute approximate surface area is 183 Å². The van der Waals surface area contributed by atoms with E-state index in [4.69, 9.17) is 0 Å². The zero-order valence-electron chi connectivity index (χ0n) is 18.1. The van der Waals surface area contributed by atoms with E-state index in [-0.39, 0.29) is 17.9 Å². The molecule has 30 heavy (non-hydrogen) atoms. The van der Waals surface area contributed by atoms with Crippen LogP contribution in [-0.4, -0.2) is 57.3 Å². The highest BCUT2D eigenvalue weighted by Crippen LogP contribution is 2.26. The third kappa shape index (κ3) is 5.11. The Balaban J connectivity index is 1.57. The molecule has 1 N–H and O–H groups in total. The van der Waals surface area contributed by atoms with Gasteiger partial charge in [0, 0.05) is 30.4 Å². The number of carbonyl (C=O) groups excluding carboxylic acids is 1. The van der Waals surface area contributed by atoms with Gasteiger partial charge in [0.05, 0.1) is 10.9 Å². The van der Waals surface area contributed by atoms with Crippen molar-refractivity contribution in [1.29, 1.82) is 0 Å². The number of sulfonamides is 1. The first-order valence-electron chi connectivity index (χ1n) is 10.2. The van der Waals surface area contributed by atoms with Gasteiger partial charge in [0.2, 0.25) is 15.9 Å². The minimum atomic E-state index is -3.52. The second-order valence-electron chi connectivity index (χ2n) is 8.16. The van der Waals surface area contributed by atoms with Gasteiger partial charge in [0.15, 0.2) is 0 Å². The lowest BCUT2D eigenvalue weighted by atomic mass is 9.97. The zero-order chi connectivity index (χ0) is 21.9. The summed E-state index contributed by atoms with van der Waals surface area (Å²) >= 11 is 1.68. The average molecular weight is 450 g/mol. The van der Waals surface area contributed by atoms with Crippen LogP contribution in [0.2, 0.25) is 0 Å². The quantitative estimate of drug-likeness (QED) is 0.705. The molecule has 1 aromatic heterocycles. The van der Waals surface area contributed by atoms with Crippen LogP contribution in [0.1, 0.15) is 34.9 Å². The topological polar surface area (TPSA) is 69.7 Å². The van der Waals surface area contributed by atoms with E-state index in [0.717, 1.165) is 11.1 Å². The molecule has 8 heteroatoms. The van der Waals surface area contributed by atoms with Gasteiger partial charge in [-0.3, -0.25) is 4.79 Å². The summed E-state index contributed by atoms with van der Waals surface area (Å²) in [6.07, 6.45) is 1.09. The number of likely N-dealkylation sites (N-methyl/N-ethyl adjacent to an activating group) is 1. The number of piperidine rings is 1. The number of rotatable bonds is 7. The van der Waals surface area contributed by atoms with Crippen molar-refractivity contribution in [3.05, 3.63) is 51.7 Å². The maximum Gasteiger partial charge on any atom is 0.243 e. The van der Waals surface area contributed by atoms with Crippen LogP contribution in [0.3, 0.4) is 0 Å². The van der Waals surface area contributed by atoms with E-state index in [1.807, 2.05) is 45.5 Å². The lowest BCUT2D eigenvalue weighted by Crippen LogP contribution is -2.44. The SMILES string of the molecule is Cc1ccc(S(=O)(=O)N2CCC(C(=O)NCC(c3cccs3)N(C)C)CC2)cc1C. The van der Waals surface area contributed by atoms with Gasteiger partial charge in [-0.2, -0.15) is 4.31 Å². The van der Waals surface area contributed by atoms with E-state index in [1.165, 1.54) is 9.18 Å². The van der Waals surface area contributed by atoms with Crippen LogP contribution in [0.25, 0.3) is 0 Å². The molecule has 164 valence electrons. The number of hydrogen-bond donors (Lipinski definition) is 1. The van der Waals surface area contributed by atoms with Crippen molar-refractivity contribution < 1.29 is 13.2 Å². The Kier molecular flexibility index (Phi) is 7.34. The maximum absolute atomic E-state index is 13.0. The number of amides is 1. The Morgan fingerprint density at radius 2 is 1.90 bits per heavy atom. The Morgan fingerprint density at radius 1 is 1.20 bits per heavy atom. The summed E-state index contributed by atoms with van der Waals surface area (Å²) in [4.78, 5) is 16.4. The van der Waals surface area contributed by atoms with Gasteiger partial charge in [-0.05, 0) is 75.5 Å². The molecule has 2 aromatic rings. The molecule has 1 fully saturated rings. The summed E-state index contributed by atoms with van der Waals surface area (Å²) in [5.41, 5.74) is 2.04. The highest BCUT2D eigenvalue weighted by Gasteiger charge is 2.32. The number of hydrogen-bond acceptors (Lipinski definition) is 5. The molecule has 2 heterocycles. The smallest absolute Gasteiger partial charge is 0.243 e. The molecule has 3 rings (SSSR count). The van der Waals surface area contributed by atoms with Crippen LogP contribution in [0.4, 0.5) is 0 Å². The third-order valence-corrected chi connectivity index (χ3v) is 8.77. The summed E-state index contributed by atoms with van der Waals surface area (Å²) in [5, 5.41) is 5.12. The number of nitrogens with zero attached hydrogens (tertiary/aromatic N) is 2. The van der Waals surface area contributed by atoms with Gasteiger partial charge >= 0.3 is 0 Å². The van der Waals surface area contributed by atoms with Gasteiger partial charge in [0.1, 0.15) is 0 Å². The summed E-state index contributed by atoms with van der Waals surface area (Å²) in [7, 11) is 0.493. The molecule has 0 aliphatic carbocycles. The van der Waals surface area contributed by atoms with E-state index in [2.05, 4.69) is 16.3 Å². The lowest BCUT2D eigenvalue weighted by Gasteiger charge is -2.31. The summed E-state index contributed by atoms with van der Waals surface area (Å²) in [6.45, 7) is 5.18. The highest BCUT2D eigenvalue weighted by molar-refractivity contribution is 7.89. The predicted octanol–water partition coefficient (Wildman–Crippen LogP) is 3.18. The Bertz CT molecular complexity index is 964. The van der Waals surface area contributed by atoms with Crippen LogP contribution in [-0.2, 0) is 14.8 Å². The van der Waals surface area contributed by atoms with Gasteiger partial charge < -0.3 is 10.2 Å². The molecule has 0 bridgehead atoms. The van der Waals surface area contributed by atoms with Crippen molar-refractivity contribution >= 4 is 27.3 Å². The van der Waals surface area contributed by atoms with E-state index < -0.39 is 10.0 Å². The minimum absolute atomic E-state index is 0.0154. The first-order valence-corrected chi connectivity index (χ1v) is 12.6. The fourth-order valence-corrected chi connectivity index (χ4v) is 6.22. The third-order valence-electron chi connectivity index (χ3n) is 5.91. The molecule has 1 unspecified atom stereocenters. The molecule has 0 spiro atoms. The molecule has 1 aromatic carbocycles. The van der Waals surface area contributed by atoms with E-state index in [0.29, 0.717) is 37.4 Å². The van der Waals surface area contributed by atoms with E-state index >= 15 is 0 Å². The minimum Gasteiger partial charge on any atom is -0.354 e. The second kappa shape index (κ2) is 9.60. The lowest BCUT2D eigenvalue weighted by molar-refractivity contribution is -0.126. The molecular formula is C22H31N3O3S2. The fourth-order valence-electron chi connectivity index (χ4n) is 3.74. The number of thiophene rings is 1. The van der Waals surface area contributed by atoms with Crippen molar-refractivity contribution in [2.75, 3.05) is 33.7 Å². The molecule has 1 aliphatic heterocycles. The van der Waals surface area contributed by atoms with Crippen molar-refractivity contribution in [2.24, 2.45) is 5.92 Å². The van der Waals surface area contributed by atoms with Crippen LogP contribution in [0.15, 0.2) is 40.6 Å². The van der Waals surface area contributed by atoms with Gasteiger partial charge in [-0.25, -0.2) is 8.42 Å².